The molecule has 12 nitrogen and oxygen atoms in total. The third-order valence-electron chi connectivity index (χ3n) is 11.7. The quantitative estimate of drug-likeness (QED) is 0.114. The summed E-state index contributed by atoms with van der Waals surface area (Å²) in [5, 5.41) is 0. The summed E-state index contributed by atoms with van der Waals surface area (Å²) in [4.78, 5) is 65.3. The second-order valence-corrected chi connectivity index (χ2v) is 15.6. The highest BCUT2D eigenvalue weighted by molar-refractivity contribution is 5.97. The van der Waals surface area contributed by atoms with Crippen LogP contribution in [-0.2, 0) is 14.3 Å². The first-order valence-electron chi connectivity index (χ1n) is 20.6. The van der Waals surface area contributed by atoms with Gasteiger partial charge in [-0.2, -0.15) is 4.99 Å². The van der Waals surface area contributed by atoms with Gasteiger partial charge < -0.3 is 24.5 Å². The molecule has 0 aliphatic carbocycles. The van der Waals surface area contributed by atoms with Crippen LogP contribution >= 0.6 is 0 Å². The molecule has 7 rings (SSSR count). The molecule has 2 aromatic heterocycles. The Balaban J connectivity index is 1.03. The first-order chi connectivity index (χ1) is 28.6. The maximum Gasteiger partial charge on any atom is 0.432 e. The van der Waals surface area contributed by atoms with Crippen molar-refractivity contribution in [1.82, 2.24) is 34.6 Å². The number of nitrogens with one attached hydrogen (secondary N) is 2. The third kappa shape index (κ3) is 8.75. The summed E-state index contributed by atoms with van der Waals surface area (Å²) in [5.41, 5.74) is 5.24. The van der Waals surface area contributed by atoms with Gasteiger partial charge in [-0.3, -0.25) is 14.5 Å². The van der Waals surface area contributed by atoms with Gasteiger partial charge in [-0.25, -0.2) is 19.2 Å². The monoisotopic (exact) mass is 800 g/mol. The lowest BCUT2D eigenvalue weighted by atomic mass is 9.95. The number of imidazole rings is 2. The van der Waals surface area contributed by atoms with E-state index in [1.54, 1.807) is 18.5 Å². The molecule has 2 saturated heterocycles. The Morgan fingerprint density at radius 2 is 1.41 bits per heavy atom. The number of likely N-dealkylation sites (tertiary alicyclic amines) is 2. The third-order valence-corrected chi connectivity index (χ3v) is 11.7. The lowest BCUT2D eigenvalue weighted by Gasteiger charge is -2.34. The van der Waals surface area contributed by atoms with E-state index >= 15 is 4.39 Å². The van der Waals surface area contributed by atoms with E-state index < -0.39 is 12.0 Å². The molecule has 3 aromatic carbocycles. The normalized spacial score (nSPS) is 18.0. The van der Waals surface area contributed by atoms with Crippen molar-refractivity contribution >= 4 is 24.1 Å². The number of aromatic amines is 2. The standard InChI is InChI=1S/C46H53FN8O4/c1-6-53(7-2)41(32-13-9-8-10-14-32)45(57)55-24-12-16-40(55)43-49-28-38(52-43)34-22-21-33(25-36(34)47)30-17-19-31(20-18-30)37-27-48-42(51-37)39-15-11-23-54(39)44(56)35(29(3)4)26-50-46(58)59-5/h8-10,13-14,17-22,25-29,35,39-41H,6-7,11-12,15-16,23-24H2,1-5H3,(H,48,51)(H,49,52)/b50-26+/t35?,39-,40-,41+/m0/s1. The number of carbonyl (C=O) groups excluding carboxylic acids is 3. The highest BCUT2D eigenvalue weighted by Gasteiger charge is 2.39. The number of carbonyl (C=O) groups is 3. The second kappa shape index (κ2) is 18.3. The van der Waals surface area contributed by atoms with Crippen LogP contribution in [0.2, 0.25) is 0 Å². The van der Waals surface area contributed by atoms with Crippen LogP contribution in [0.5, 0.6) is 0 Å². The summed E-state index contributed by atoms with van der Waals surface area (Å²) < 4.78 is 20.5. The van der Waals surface area contributed by atoms with E-state index in [-0.39, 0.29) is 41.7 Å². The molecule has 3 amide bonds. The average molecular weight is 801 g/mol. The Hall–Kier alpha value is -5.95. The van der Waals surface area contributed by atoms with Crippen molar-refractivity contribution in [2.24, 2.45) is 16.8 Å². The molecule has 0 bridgehead atoms. The zero-order valence-electron chi connectivity index (χ0n) is 34.4. The number of hydrogen-bond donors (Lipinski definition) is 2. The minimum absolute atomic E-state index is 0.0583. The fraction of sp³-hybridized carbons (Fsp3) is 0.391. The van der Waals surface area contributed by atoms with Gasteiger partial charge in [0.15, 0.2) is 0 Å². The highest BCUT2D eigenvalue weighted by Crippen LogP contribution is 2.37. The number of aliphatic imine (C=N–C) groups is 1. The number of nitrogens with zero attached hydrogens (tertiary/aromatic N) is 6. The number of halogens is 1. The van der Waals surface area contributed by atoms with Gasteiger partial charge in [0.1, 0.15) is 23.5 Å². The van der Waals surface area contributed by atoms with Crippen molar-refractivity contribution in [2.75, 3.05) is 33.3 Å². The number of methoxy groups -OCH3 is 1. The minimum atomic E-state index is -0.737. The smallest absolute Gasteiger partial charge is 0.432 e. The molecule has 13 heteroatoms. The summed E-state index contributed by atoms with van der Waals surface area (Å²) in [7, 11) is 1.25. The van der Waals surface area contributed by atoms with E-state index in [1.165, 1.54) is 19.4 Å². The number of likely N-dealkylation sites (N-methyl/N-ethyl adjacent to an activating group) is 1. The maximum atomic E-state index is 15.9. The number of amides is 3. The van der Waals surface area contributed by atoms with Crippen LogP contribution in [0.3, 0.4) is 0 Å². The Labute approximate surface area is 344 Å². The van der Waals surface area contributed by atoms with Crippen molar-refractivity contribution in [2.45, 2.75) is 71.5 Å². The molecule has 1 unspecified atom stereocenters. The topological polar surface area (TPSA) is 140 Å². The van der Waals surface area contributed by atoms with E-state index in [0.29, 0.717) is 36.0 Å². The highest BCUT2D eigenvalue weighted by atomic mass is 19.1. The van der Waals surface area contributed by atoms with Crippen LogP contribution < -0.4 is 0 Å². The van der Waals surface area contributed by atoms with Crippen LogP contribution in [0.15, 0.2) is 90.2 Å². The molecular weight excluding hydrogens is 748 g/mol. The lowest BCUT2D eigenvalue weighted by Crippen LogP contribution is -2.43. The Kier molecular flexibility index (Phi) is 12.8. The van der Waals surface area contributed by atoms with Crippen LogP contribution in [0.4, 0.5) is 9.18 Å². The van der Waals surface area contributed by atoms with Crippen LogP contribution in [0, 0.1) is 17.7 Å². The summed E-state index contributed by atoms with van der Waals surface area (Å²) >= 11 is 0. The van der Waals surface area contributed by atoms with Gasteiger partial charge in [-0.15, -0.1) is 0 Å². The molecule has 0 radical (unpaired) electrons. The molecule has 2 fully saturated rings. The van der Waals surface area contributed by atoms with Crippen molar-refractivity contribution in [1.29, 1.82) is 0 Å². The molecule has 5 aromatic rings. The first-order valence-corrected chi connectivity index (χ1v) is 20.6. The van der Waals surface area contributed by atoms with Gasteiger partial charge in [0.05, 0.1) is 48.9 Å². The first kappa shape index (κ1) is 41.2. The average Bonchev–Trinajstić information content (AvgIpc) is 4.10. The van der Waals surface area contributed by atoms with E-state index in [0.717, 1.165) is 66.7 Å². The van der Waals surface area contributed by atoms with E-state index in [1.807, 2.05) is 84.3 Å². The van der Waals surface area contributed by atoms with Crippen LogP contribution in [0.25, 0.3) is 33.6 Å². The fourth-order valence-electron chi connectivity index (χ4n) is 8.48. The molecule has 0 saturated carbocycles. The predicted octanol–water partition coefficient (Wildman–Crippen LogP) is 8.79. The fourth-order valence-corrected chi connectivity index (χ4v) is 8.48. The van der Waals surface area contributed by atoms with E-state index in [2.05, 4.69) is 48.4 Å². The zero-order chi connectivity index (χ0) is 41.6. The van der Waals surface area contributed by atoms with Crippen molar-refractivity contribution < 1.29 is 23.5 Å². The van der Waals surface area contributed by atoms with Crippen molar-refractivity contribution in [3.8, 4) is 33.6 Å². The number of benzene rings is 3. The summed E-state index contributed by atoms with van der Waals surface area (Å²) in [6.07, 6.45) is 7.33. The second-order valence-electron chi connectivity index (χ2n) is 15.6. The van der Waals surface area contributed by atoms with E-state index in [9.17, 15) is 14.4 Å². The molecule has 4 heterocycles. The molecule has 0 spiro atoms. The molecular formula is C46H53FN8O4. The number of H-pyrrole nitrogens is 2. The van der Waals surface area contributed by atoms with Crippen LogP contribution in [-0.4, -0.2) is 92.0 Å². The van der Waals surface area contributed by atoms with Crippen molar-refractivity contribution in [3.05, 3.63) is 108 Å². The van der Waals surface area contributed by atoms with Gasteiger partial charge in [0.2, 0.25) is 11.8 Å². The summed E-state index contributed by atoms with van der Waals surface area (Å²) in [6, 6.07) is 22.1. The lowest BCUT2D eigenvalue weighted by molar-refractivity contribution is -0.138. The van der Waals surface area contributed by atoms with Gasteiger partial charge in [-0.05, 0) is 79.1 Å². The minimum Gasteiger partial charge on any atom is -0.451 e. The van der Waals surface area contributed by atoms with Gasteiger partial charge in [0.25, 0.3) is 0 Å². The predicted molar refractivity (Wildman–Crippen MR) is 226 cm³/mol. The van der Waals surface area contributed by atoms with E-state index in [4.69, 9.17) is 0 Å². The number of hydrogen-bond acceptors (Lipinski definition) is 7. The van der Waals surface area contributed by atoms with Gasteiger partial charge >= 0.3 is 6.09 Å². The largest absolute Gasteiger partial charge is 0.451 e. The molecule has 59 heavy (non-hydrogen) atoms. The number of ether oxygens (including phenoxy) is 1. The van der Waals surface area contributed by atoms with Crippen LogP contribution in [0.1, 0.15) is 88.7 Å². The molecule has 2 aliphatic rings. The number of rotatable bonds is 13. The maximum absolute atomic E-state index is 15.9. The molecule has 308 valence electrons. The SMILES string of the molecule is CCN(CC)[C@@H](C(=O)N1CCC[C@H]1c1ncc(-c2ccc(-c3ccc(-c4cnc([C@@H]5CCCN5C(=O)C(/C=N/C(=O)OC)C(C)C)[nH]4)cc3)cc2F)[nH]1)c1ccccc1. The van der Waals surface area contributed by atoms with Gasteiger partial charge in [0, 0.05) is 24.9 Å². The Morgan fingerprint density at radius 3 is 2.00 bits per heavy atom. The zero-order valence-corrected chi connectivity index (χ0v) is 34.4. The Bertz CT molecular complexity index is 2270. The molecule has 2 N–H and O–H groups in total. The summed E-state index contributed by atoms with van der Waals surface area (Å²) in [5.74, 6) is 0.317. The van der Waals surface area contributed by atoms with Crippen molar-refractivity contribution in [3.63, 3.8) is 0 Å². The van der Waals surface area contributed by atoms with Gasteiger partial charge in [-0.1, -0.05) is 88.4 Å². The Morgan fingerprint density at radius 1 is 0.831 bits per heavy atom. The number of aromatic nitrogens is 4. The molecule has 2 aliphatic heterocycles. The molecule has 4 atom stereocenters. The summed E-state index contributed by atoms with van der Waals surface area (Å²) in [6.45, 7) is 10.7.